The highest BCUT2D eigenvalue weighted by Gasteiger charge is 2.36. The maximum absolute atomic E-state index is 13.4. The number of esters is 1. The molecule has 0 fully saturated rings. The highest BCUT2D eigenvalue weighted by Crippen LogP contribution is 2.39. The standard InChI is InChI=1S/C27H22Cl2N4O2S/c1-17-23(25(34)35-15-18-9-3-2-4-10-18)24(20-12-6-8-14-22(20)29)33-26(30-17)31-27(32-33)36-16-19-11-5-7-13-21(19)28/h2-14,24H,15-16H2,1H3,(H,30,31,32). The molecule has 182 valence electrons. The van der Waals surface area contributed by atoms with Gasteiger partial charge in [-0.3, -0.25) is 0 Å². The molecule has 2 heterocycles. The molecule has 1 atom stereocenters. The van der Waals surface area contributed by atoms with Crippen LogP contribution >= 0.6 is 35.0 Å². The Morgan fingerprint density at radius 1 is 1.00 bits per heavy atom. The molecule has 4 aromatic rings. The predicted molar refractivity (Wildman–Crippen MR) is 143 cm³/mol. The molecule has 0 radical (unpaired) electrons. The van der Waals surface area contributed by atoms with Crippen molar-refractivity contribution in [2.24, 2.45) is 0 Å². The Kier molecular flexibility index (Phi) is 7.32. The molecule has 36 heavy (non-hydrogen) atoms. The van der Waals surface area contributed by atoms with Crippen LogP contribution in [0.15, 0.2) is 95.3 Å². The van der Waals surface area contributed by atoms with Gasteiger partial charge in [0.15, 0.2) is 0 Å². The number of hydrogen-bond acceptors (Lipinski definition) is 6. The summed E-state index contributed by atoms with van der Waals surface area (Å²) in [6.45, 7) is 1.99. The Bertz CT molecular complexity index is 1440. The minimum Gasteiger partial charge on any atom is -0.457 e. The van der Waals surface area contributed by atoms with Crippen LogP contribution in [0.1, 0.15) is 29.7 Å². The Hall–Kier alpha value is -3.26. The Morgan fingerprint density at radius 2 is 1.69 bits per heavy atom. The second kappa shape index (κ2) is 10.8. The molecule has 1 aliphatic heterocycles. The van der Waals surface area contributed by atoms with E-state index in [9.17, 15) is 4.79 Å². The number of benzene rings is 3. The van der Waals surface area contributed by atoms with Gasteiger partial charge in [0, 0.05) is 27.1 Å². The Morgan fingerprint density at radius 3 is 2.44 bits per heavy atom. The van der Waals surface area contributed by atoms with Crippen LogP contribution in [0.4, 0.5) is 5.95 Å². The summed E-state index contributed by atoms with van der Waals surface area (Å²) in [6, 6.07) is 24.1. The molecular weight excluding hydrogens is 515 g/mol. The van der Waals surface area contributed by atoms with Gasteiger partial charge in [0.05, 0.1) is 5.57 Å². The van der Waals surface area contributed by atoms with E-state index in [1.54, 1.807) is 10.7 Å². The largest absolute Gasteiger partial charge is 0.457 e. The van der Waals surface area contributed by atoms with Gasteiger partial charge in [-0.05, 0) is 30.2 Å². The maximum atomic E-state index is 13.4. The van der Waals surface area contributed by atoms with E-state index in [1.807, 2.05) is 79.7 Å². The number of ether oxygens (including phenoxy) is 1. The molecule has 6 nitrogen and oxygen atoms in total. The number of thioether (sulfide) groups is 1. The van der Waals surface area contributed by atoms with E-state index < -0.39 is 12.0 Å². The first kappa shape index (κ1) is 24.4. The van der Waals surface area contributed by atoms with Crippen LogP contribution in [0.2, 0.25) is 10.0 Å². The number of carbonyl (C=O) groups excluding carboxylic acids is 1. The molecule has 1 unspecified atom stereocenters. The van der Waals surface area contributed by atoms with Crippen molar-refractivity contribution in [2.75, 3.05) is 5.32 Å². The summed E-state index contributed by atoms with van der Waals surface area (Å²) in [5.74, 6) is 0.692. The van der Waals surface area contributed by atoms with Crippen molar-refractivity contribution in [1.29, 1.82) is 0 Å². The summed E-state index contributed by atoms with van der Waals surface area (Å²) in [5.41, 5.74) is 3.70. The zero-order valence-electron chi connectivity index (χ0n) is 19.3. The van der Waals surface area contributed by atoms with Gasteiger partial charge in [-0.1, -0.05) is 102 Å². The third-order valence-electron chi connectivity index (χ3n) is 5.78. The highest BCUT2D eigenvalue weighted by molar-refractivity contribution is 7.98. The number of carbonyl (C=O) groups is 1. The van der Waals surface area contributed by atoms with E-state index in [4.69, 9.17) is 33.0 Å². The fourth-order valence-electron chi connectivity index (χ4n) is 4.00. The number of halogens is 2. The number of aromatic nitrogens is 3. The van der Waals surface area contributed by atoms with Gasteiger partial charge in [0.25, 0.3) is 0 Å². The molecule has 0 saturated carbocycles. The monoisotopic (exact) mass is 536 g/mol. The topological polar surface area (TPSA) is 69.0 Å². The number of allylic oxidation sites excluding steroid dienone is 1. The molecule has 0 bridgehead atoms. The molecule has 1 aliphatic rings. The minimum atomic E-state index is -0.597. The average molecular weight is 537 g/mol. The van der Waals surface area contributed by atoms with E-state index in [0.717, 1.165) is 16.7 Å². The number of hydrogen-bond donors (Lipinski definition) is 1. The molecule has 5 rings (SSSR count). The van der Waals surface area contributed by atoms with Crippen molar-refractivity contribution in [2.45, 2.75) is 30.5 Å². The number of anilines is 1. The van der Waals surface area contributed by atoms with Crippen molar-refractivity contribution in [3.63, 3.8) is 0 Å². The molecule has 3 aromatic carbocycles. The summed E-state index contributed by atoms with van der Waals surface area (Å²) in [5, 5.41) is 9.74. The molecule has 1 N–H and O–H groups in total. The number of nitrogens with zero attached hydrogens (tertiary/aromatic N) is 3. The number of fused-ring (bicyclic) bond motifs is 1. The van der Waals surface area contributed by atoms with Gasteiger partial charge < -0.3 is 10.1 Å². The van der Waals surface area contributed by atoms with E-state index in [2.05, 4.69) is 10.3 Å². The minimum absolute atomic E-state index is 0.162. The van der Waals surface area contributed by atoms with Crippen molar-refractivity contribution in [1.82, 2.24) is 14.8 Å². The van der Waals surface area contributed by atoms with Gasteiger partial charge in [0.2, 0.25) is 11.1 Å². The smallest absolute Gasteiger partial charge is 0.338 e. The van der Waals surface area contributed by atoms with Crippen LogP contribution in [-0.2, 0) is 21.9 Å². The van der Waals surface area contributed by atoms with Gasteiger partial charge in [-0.2, -0.15) is 4.98 Å². The molecule has 9 heteroatoms. The third kappa shape index (κ3) is 5.14. The van der Waals surface area contributed by atoms with Crippen LogP contribution in [-0.4, -0.2) is 20.7 Å². The molecule has 0 amide bonds. The Balaban J connectivity index is 1.46. The molecule has 0 saturated heterocycles. The van der Waals surface area contributed by atoms with Crippen LogP contribution in [0.25, 0.3) is 0 Å². The van der Waals surface area contributed by atoms with Crippen molar-refractivity contribution < 1.29 is 9.53 Å². The Labute approximate surface area is 223 Å². The van der Waals surface area contributed by atoms with Crippen molar-refractivity contribution in [3.8, 4) is 0 Å². The van der Waals surface area contributed by atoms with E-state index in [1.165, 1.54) is 11.8 Å². The van der Waals surface area contributed by atoms with Crippen molar-refractivity contribution >= 4 is 46.9 Å². The van der Waals surface area contributed by atoms with Gasteiger partial charge >= 0.3 is 5.97 Å². The normalized spacial score (nSPS) is 14.8. The quantitative estimate of drug-likeness (QED) is 0.204. The van der Waals surface area contributed by atoms with Gasteiger partial charge in [0.1, 0.15) is 12.6 Å². The zero-order chi connectivity index (χ0) is 25.1. The maximum Gasteiger partial charge on any atom is 0.338 e. The van der Waals surface area contributed by atoms with E-state index >= 15 is 0 Å². The van der Waals surface area contributed by atoms with Crippen LogP contribution in [0, 0.1) is 0 Å². The van der Waals surface area contributed by atoms with Crippen LogP contribution < -0.4 is 5.32 Å². The molecule has 0 spiro atoms. The summed E-state index contributed by atoms with van der Waals surface area (Å²) in [6.07, 6.45) is 0. The lowest BCUT2D eigenvalue weighted by atomic mass is 9.96. The first-order valence-electron chi connectivity index (χ1n) is 11.3. The van der Waals surface area contributed by atoms with E-state index in [-0.39, 0.29) is 6.61 Å². The number of rotatable bonds is 7. The fourth-order valence-corrected chi connectivity index (χ4v) is 5.35. The summed E-state index contributed by atoms with van der Waals surface area (Å²) in [4.78, 5) is 18.1. The lowest BCUT2D eigenvalue weighted by Crippen LogP contribution is -2.29. The summed E-state index contributed by atoms with van der Waals surface area (Å²) in [7, 11) is 0. The lowest BCUT2D eigenvalue weighted by molar-refractivity contribution is -0.140. The summed E-state index contributed by atoms with van der Waals surface area (Å²) >= 11 is 14.4. The van der Waals surface area contributed by atoms with E-state index in [0.29, 0.717) is 38.2 Å². The SMILES string of the molecule is CC1=C(C(=O)OCc2ccccc2)C(c2ccccc2Cl)n2nc(SCc3ccccc3Cl)nc2N1. The fraction of sp³-hybridized carbons (Fsp3) is 0.148. The first-order chi connectivity index (χ1) is 17.5. The predicted octanol–water partition coefficient (Wildman–Crippen LogP) is 6.91. The van der Waals surface area contributed by atoms with Crippen LogP contribution in [0.5, 0.6) is 0 Å². The zero-order valence-corrected chi connectivity index (χ0v) is 21.6. The molecule has 0 aliphatic carbocycles. The van der Waals surface area contributed by atoms with Gasteiger partial charge in [-0.15, -0.1) is 5.10 Å². The third-order valence-corrected chi connectivity index (χ3v) is 7.38. The molecular formula is C27H22Cl2N4O2S. The summed E-state index contributed by atoms with van der Waals surface area (Å²) < 4.78 is 7.41. The van der Waals surface area contributed by atoms with Gasteiger partial charge in [-0.25, -0.2) is 9.48 Å². The number of nitrogens with one attached hydrogen (secondary N) is 1. The van der Waals surface area contributed by atoms with Crippen LogP contribution in [0.3, 0.4) is 0 Å². The molecule has 1 aromatic heterocycles. The first-order valence-corrected chi connectivity index (χ1v) is 13.0. The second-order valence-electron chi connectivity index (χ2n) is 8.19. The average Bonchev–Trinajstić information content (AvgIpc) is 3.29. The lowest BCUT2D eigenvalue weighted by Gasteiger charge is -2.28. The second-order valence-corrected chi connectivity index (χ2v) is 9.95. The van der Waals surface area contributed by atoms with Crippen molar-refractivity contribution in [3.05, 3.63) is 117 Å². The highest BCUT2D eigenvalue weighted by atomic mass is 35.5.